The fraction of sp³-hybridized carbons (Fsp3) is 0.0370. The summed E-state index contributed by atoms with van der Waals surface area (Å²) in [5.41, 5.74) is 5.58. The molecule has 5 heteroatoms. The van der Waals surface area contributed by atoms with Crippen LogP contribution >= 0.6 is 39.0 Å². The van der Waals surface area contributed by atoms with Crippen molar-refractivity contribution in [1.82, 2.24) is 4.98 Å². The van der Waals surface area contributed by atoms with E-state index in [1.54, 1.807) is 23.1 Å². The molecular weight excluding hydrogens is 496 g/mol. The van der Waals surface area contributed by atoms with Gasteiger partial charge in [-0.1, -0.05) is 100 Å². The number of benzene rings is 4. The van der Waals surface area contributed by atoms with E-state index in [0.29, 0.717) is 0 Å². The monoisotopic (exact) mass is 514 g/mol. The number of thioether (sulfide) groups is 1. The molecule has 0 aliphatic heterocycles. The molecule has 0 atom stereocenters. The minimum Gasteiger partial charge on any atom is -0.256 e. The van der Waals surface area contributed by atoms with Gasteiger partial charge in [0, 0.05) is 10.7 Å². The van der Waals surface area contributed by atoms with Gasteiger partial charge in [0.25, 0.3) is 0 Å². The van der Waals surface area contributed by atoms with E-state index >= 15 is 0 Å². The molecule has 0 spiro atoms. The zero-order valence-electron chi connectivity index (χ0n) is 17.1. The van der Waals surface area contributed by atoms with E-state index in [4.69, 9.17) is 4.98 Å². The lowest BCUT2D eigenvalue weighted by Gasteiger charge is -2.16. The minimum atomic E-state index is 0.202. The van der Waals surface area contributed by atoms with Gasteiger partial charge >= 0.3 is 0 Å². The van der Waals surface area contributed by atoms with E-state index in [1.807, 2.05) is 36.5 Å². The van der Waals surface area contributed by atoms with Gasteiger partial charge in [-0.2, -0.15) is 0 Å². The molecule has 0 saturated heterocycles. The van der Waals surface area contributed by atoms with Crippen molar-refractivity contribution in [2.24, 2.45) is 4.99 Å². The van der Waals surface area contributed by atoms with Gasteiger partial charge in [0.2, 0.25) is 0 Å². The maximum absolute atomic E-state index is 4.90. The molecular formula is C27H19BrN2S2. The lowest BCUT2D eigenvalue weighted by atomic mass is 10.0. The second kappa shape index (κ2) is 9.82. The average Bonchev–Trinajstić information content (AvgIpc) is 3.25. The lowest BCUT2D eigenvalue weighted by molar-refractivity contribution is 1.14. The summed E-state index contributed by atoms with van der Waals surface area (Å²) in [4.78, 5) is 9.55. The predicted octanol–water partition coefficient (Wildman–Crippen LogP) is 8.69. The highest BCUT2D eigenvalue weighted by molar-refractivity contribution is 9.10. The standard InChI is InChI=1S/C27H19BrN2S2/c28-22-13-11-19(12-14-22)18-29-23-15-16-24-25(17-23)31-27(30-24)32-26(20-7-3-1-4-8-20)21-9-5-2-6-10-21/h1-18,26H. The molecule has 0 amide bonds. The molecule has 1 aromatic heterocycles. The van der Waals surface area contributed by atoms with E-state index in [0.717, 1.165) is 30.3 Å². The van der Waals surface area contributed by atoms with Gasteiger partial charge in [-0.25, -0.2) is 4.98 Å². The molecule has 4 aromatic carbocycles. The van der Waals surface area contributed by atoms with Crippen LogP contribution in [-0.2, 0) is 0 Å². The number of rotatable bonds is 6. The molecule has 32 heavy (non-hydrogen) atoms. The Bertz CT molecular complexity index is 1310. The summed E-state index contributed by atoms with van der Waals surface area (Å²) >= 11 is 6.99. The highest BCUT2D eigenvalue weighted by Gasteiger charge is 2.18. The highest BCUT2D eigenvalue weighted by Crippen LogP contribution is 2.43. The van der Waals surface area contributed by atoms with Crippen molar-refractivity contribution >= 4 is 61.1 Å². The number of hydrogen-bond donors (Lipinski definition) is 0. The van der Waals surface area contributed by atoms with Crippen LogP contribution in [0.5, 0.6) is 0 Å². The second-order valence-corrected chi connectivity index (χ2v) is 10.6. The number of aromatic nitrogens is 1. The van der Waals surface area contributed by atoms with Gasteiger partial charge in [0.1, 0.15) is 0 Å². The third-order valence-corrected chi connectivity index (χ3v) is 7.96. The van der Waals surface area contributed by atoms with Crippen LogP contribution < -0.4 is 0 Å². The number of nitrogens with zero attached hydrogens (tertiary/aromatic N) is 2. The normalized spacial score (nSPS) is 11.6. The Kier molecular flexibility index (Phi) is 6.49. The Balaban J connectivity index is 1.42. The molecule has 0 fully saturated rings. The van der Waals surface area contributed by atoms with Crippen molar-refractivity contribution in [3.05, 3.63) is 124 Å². The first-order valence-corrected chi connectivity index (χ1v) is 12.7. The molecule has 0 aliphatic rings. The van der Waals surface area contributed by atoms with Crippen molar-refractivity contribution in [1.29, 1.82) is 0 Å². The van der Waals surface area contributed by atoms with Crippen LogP contribution in [0.4, 0.5) is 5.69 Å². The fourth-order valence-corrected chi connectivity index (χ4v) is 6.09. The van der Waals surface area contributed by atoms with Crippen molar-refractivity contribution in [2.45, 2.75) is 9.59 Å². The summed E-state index contributed by atoms with van der Waals surface area (Å²) in [6.45, 7) is 0. The first-order chi connectivity index (χ1) is 15.7. The molecule has 0 aliphatic carbocycles. The van der Waals surface area contributed by atoms with Crippen molar-refractivity contribution in [3.8, 4) is 0 Å². The van der Waals surface area contributed by atoms with Crippen LogP contribution in [0.25, 0.3) is 10.2 Å². The fourth-order valence-electron chi connectivity index (χ4n) is 3.41. The van der Waals surface area contributed by atoms with Crippen molar-refractivity contribution < 1.29 is 0 Å². The Labute approximate surface area is 204 Å². The van der Waals surface area contributed by atoms with E-state index in [2.05, 4.69) is 93.7 Å². The molecule has 5 aromatic rings. The Hall–Kier alpha value is -2.73. The zero-order valence-corrected chi connectivity index (χ0v) is 20.3. The summed E-state index contributed by atoms with van der Waals surface area (Å²) < 4.78 is 3.28. The first-order valence-electron chi connectivity index (χ1n) is 10.2. The summed E-state index contributed by atoms with van der Waals surface area (Å²) in [5.74, 6) is 0. The van der Waals surface area contributed by atoms with E-state index < -0.39 is 0 Å². The molecule has 0 saturated carbocycles. The minimum absolute atomic E-state index is 0.202. The van der Waals surface area contributed by atoms with E-state index in [-0.39, 0.29) is 5.25 Å². The zero-order chi connectivity index (χ0) is 21.8. The smallest absolute Gasteiger partial charge is 0.152 e. The second-order valence-electron chi connectivity index (χ2n) is 7.26. The lowest BCUT2D eigenvalue weighted by Crippen LogP contribution is -1.96. The number of aliphatic imine (C=N–C) groups is 1. The third kappa shape index (κ3) is 5.01. The molecule has 5 rings (SSSR count). The van der Waals surface area contributed by atoms with Crippen molar-refractivity contribution in [3.63, 3.8) is 0 Å². The number of hydrogen-bond acceptors (Lipinski definition) is 4. The molecule has 0 unspecified atom stereocenters. The molecule has 0 N–H and O–H groups in total. The summed E-state index contributed by atoms with van der Waals surface area (Å²) in [7, 11) is 0. The summed E-state index contributed by atoms with van der Waals surface area (Å²) in [6.07, 6.45) is 1.89. The van der Waals surface area contributed by atoms with E-state index in [9.17, 15) is 0 Å². The number of fused-ring (bicyclic) bond motifs is 1. The van der Waals surface area contributed by atoms with Gasteiger partial charge in [0.05, 0.1) is 21.2 Å². The highest BCUT2D eigenvalue weighted by atomic mass is 79.9. The molecule has 156 valence electrons. The van der Waals surface area contributed by atoms with Gasteiger partial charge in [-0.3, -0.25) is 4.99 Å². The van der Waals surface area contributed by atoms with E-state index in [1.165, 1.54) is 11.1 Å². The van der Waals surface area contributed by atoms with Gasteiger partial charge in [-0.05, 0) is 47.0 Å². The maximum Gasteiger partial charge on any atom is 0.152 e. The molecule has 0 bridgehead atoms. The van der Waals surface area contributed by atoms with Crippen LogP contribution in [0.2, 0.25) is 0 Å². The molecule has 0 radical (unpaired) electrons. The third-order valence-electron chi connectivity index (χ3n) is 5.01. The van der Waals surface area contributed by atoms with Gasteiger partial charge in [-0.15, -0.1) is 11.3 Å². The maximum atomic E-state index is 4.90. The Morgan fingerprint density at radius 3 is 2.12 bits per heavy atom. The number of halogens is 1. The molecule has 1 heterocycles. The average molecular weight is 516 g/mol. The largest absolute Gasteiger partial charge is 0.256 e. The topological polar surface area (TPSA) is 25.2 Å². The SMILES string of the molecule is Brc1ccc(C=Nc2ccc3nc(SC(c4ccccc4)c4ccccc4)sc3c2)cc1. The number of thiazole rings is 1. The molecule has 2 nitrogen and oxygen atoms in total. The van der Waals surface area contributed by atoms with Crippen LogP contribution in [0.15, 0.2) is 117 Å². The summed E-state index contributed by atoms with van der Waals surface area (Å²) in [6, 6.07) is 35.6. The van der Waals surface area contributed by atoms with Crippen LogP contribution in [0.3, 0.4) is 0 Å². The first kappa shape index (κ1) is 21.1. The Morgan fingerprint density at radius 2 is 1.47 bits per heavy atom. The van der Waals surface area contributed by atoms with Crippen LogP contribution in [0, 0.1) is 0 Å². The summed E-state index contributed by atoms with van der Waals surface area (Å²) in [5, 5.41) is 0.202. The van der Waals surface area contributed by atoms with Crippen LogP contribution in [-0.4, -0.2) is 11.2 Å². The van der Waals surface area contributed by atoms with Crippen LogP contribution in [0.1, 0.15) is 21.9 Å². The Morgan fingerprint density at radius 1 is 0.812 bits per heavy atom. The van der Waals surface area contributed by atoms with Gasteiger partial charge < -0.3 is 0 Å². The van der Waals surface area contributed by atoms with Crippen molar-refractivity contribution in [2.75, 3.05) is 0 Å². The quantitative estimate of drug-likeness (QED) is 0.167. The van der Waals surface area contributed by atoms with Gasteiger partial charge in [0.15, 0.2) is 4.34 Å². The predicted molar refractivity (Wildman–Crippen MR) is 142 cm³/mol.